The van der Waals surface area contributed by atoms with Crippen molar-refractivity contribution in [3.63, 3.8) is 0 Å². The first-order valence-corrected chi connectivity index (χ1v) is 7.71. The van der Waals surface area contributed by atoms with Crippen LogP contribution >= 0.6 is 0 Å². The van der Waals surface area contributed by atoms with Gasteiger partial charge in [-0.3, -0.25) is 4.79 Å². The van der Waals surface area contributed by atoms with Gasteiger partial charge in [0.15, 0.2) is 5.78 Å². The van der Waals surface area contributed by atoms with E-state index in [0.717, 1.165) is 17.4 Å². The highest BCUT2D eigenvalue weighted by molar-refractivity contribution is 5.96. The number of benzene rings is 2. The molecule has 24 heavy (non-hydrogen) atoms. The summed E-state index contributed by atoms with van der Waals surface area (Å²) in [4.78, 5) is 12.4. The first-order chi connectivity index (χ1) is 11.7. The maximum absolute atomic E-state index is 12.4. The quantitative estimate of drug-likeness (QED) is 0.561. The molecule has 2 aromatic carbocycles. The van der Waals surface area contributed by atoms with Crippen LogP contribution in [-0.4, -0.2) is 17.5 Å². The molecule has 0 saturated carbocycles. The zero-order valence-corrected chi connectivity index (χ0v) is 13.8. The van der Waals surface area contributed by atoms with Gasteiger partial charge in [-0.05, 0) is 24.3 Å². The molecule has 1 heterocycles. The number of Topliss-reactive ketones (excluding diaryl/α,β-unsaturated/α-hetero) is 1. The van der Waals surface area contributed by atoms with Gasteiger partial charge in [-0.1, -0.05) is 30.3 Å². The highest BCUT2D eigenvalue weighted by Crippen LogP contribution is 2.18. The zero-order chi connectivity index (χ0) is 16.9. The fourth-order valence-electron chi connectivity index (χ4n) is 2.49. The summed E-state index contributed by atoms with van der Waals surface area (Å²) >= 11 is 0. The lowest BCUT2D eigenvalue weighted by Crippen LogP contribution is -2.30. The molecule has 5 nitrogen and oxygen atoms in total. The molecule has 3 aromatic rings. The van der Waals surface area contributed by atoms with Crippen LogP contribution in [0.2, 0.25) is 0 Å². The number of nitrogens with one attached hydrogen (secondary N) is 1. The van der Waals surface area contributed by atoms with Crippen LogP contribution in [0.3, 0.4) is 0 Å². The minimum atomic E-state index is 0.0737. The molecule has 122 valence electrons. The zero-order valence-electron chi connectivity index (χ0n) is 13.8. The van der Waals surface area contributed by atoms with Gasteiger partial charge in [0, 0.05) is 5.56 Å². The van der Waals surface area contributed by atoms with Crippen LogP contribution in [0.15, 0.2) is 67.0 Å². The monoisotopic (exact) mass is 322 g/mol. The summed E-state index contributed by atoms with van der Waals surface area (Å²) in [5.41, 5.74) is 1.64. The average molecular weight is 322 g/mol. The van der Waals surface area contributed by atoms with Crippen molar-refractivity contribution in [1.29, 1.82) is 0 Å². The number of rotatable bonds is 6. The van der Waals surface area contributed by atoms with Gasteiger partial charge in [0.2, 0.25) is 0 Å². The maximum Gasteiger partial charge on any atom is 0.362 e. The van der Waals surface area contributed by atoms with Crippen molar-refractivity contribution in [2.75, 3.05) is 12.4 Å². The van der Waals surface area contributed by atoms with E-state index >= 15 is 0 Å². The molecule has 1 aromatic heterocycles. The lowest BCUT2D eigenvalue weighted by molar-refractivity contribution is -0.656. The molecule has 0 unspecified atom stereocenters. The summed E-state index contributed by atoms with van der Waals surface area (Å²) in [7, 11) is 3.58. The molecular formula is C19H20N3O2+. The van der Waals surface area contributed by atoms with E-state index < -0.39 is 0 Å². The van der Waals surface area contributed by atoms with Crippen LogP contribution < -0.4 is 14.6 Å². The van der Waals surface area contributed by atoms with Crippen molar-refractivity contribution in [2.45, 2.75) is 6.54 Å². The lowest BCUT2D eigenvalue weighted by Gasteiger charge is -2.06. The van der Waals surface area contributed by atoms with Crippen LogP contribution in [0, 0.1) is 0 Å². The number of hydrogen-bond acceptors (Lipinski definition) is 3. The summed E-state index contributed by atoms with van der Waals surface area (Å²) in [5.74, 6) is 1.72. The third-order valence-electron chi connectivity index (χ3n) is 3.83. The summed E-state index contributed by atoms with van der Waals surface area (Å²) in [5, 5.41) is 3.35. The second-order valence-corrected chi connectivity index (χ2v) is 5.50. The molecule has 0 aliphatic heterocycles. The van der Waals surface area contributed by atoms with Crippen LogP contribution in [0.4, 0.5) is 11.6 Å². The fourth-order valence-corrected chi connectivity index (χ4v) is 2.49. The Hall–Kier alpha value is -3.08. The molecule has 0 aliphatic rings. The van der Waals surface area contributed by atoms with E-state index in [1.165, 1.54) is 0 Å². The van der Waals surface area contributed by atoms with Gasteiger partial charge in [-0.15, -0.1) is 0 Å². The number of carbonyl (C=O) groups is 1. The Bertz CT molecular complexity index is 824. The molecule has 1 N–H and O–H groups in total. The molecular weight excluding hydrogens is 302 g/mol. The number of aryl methyl sites for hydroxylation is 1. The summed E-state index contributed by atoms with van der Waals surface area (Å²) in [6, 6.07) is 17.0. The van der Waals surface area contributed by atoms with Crippen LogP contribution in [0.5, 0.6) is 5.75 Å². The third kappa shape index (κ3) is 3.46. The van der Waals surface area contributed by atoms with Crippen molar-refractivity contribution in [3.05, 3.63) is 72.6 Å². The number of methoxy groups -OCH3 is 1. The fraction of sp³-hybridized carbons (Fsp3) is 0.158. The van der Waals surface area contributed by atoms with E-state index in [1.54, 1.807) is 7.11 Å². The van der Waals surface area contributed by atoms with Gasteiger partial charge in [-0.25, -0.2) is 14.5 Å². The van der Waals surface area contributed by atoms with Gasteiger partial charge < -0.3 is 4.74 Å². The van der Waals surface area contributed by atoms with Gasteiger partial charge >= 0.3 is 5.95 Å². The number of ketones is 1. The third-order valence-corrected chi connectivity index (χ3v) is 3.83. The number of hydrogen-bond donors (Lipinski definition) is 1. The molecule has 0 saturated heterocycles. The number of carbonyl (C=O) groups excluding carboxylic acids is 1. The van der Waals surface area contributed by atoms with Crippen molar-refractivity contribution in [2.24, 2.45) is 7.05 Å². The van der Waals surface area contributed by atoms with E-state index in [0.29, 0.717) is 5.56 Å². The van der Waals surface area contributed by atoms with E-state index in [1.807, 2.05) is 83.2 Å². The number of imidazole rings is 1. The molecule has 0 amide bonds. The molecule has 5 heteroatoms. The van der Waals surface area contributed by atoms with Crippen LogP contribution in [0.1, 0.15) is 10.4 Å². The normalized spacial score (nSPS) is 10.4. The minimum Gasteiger partial charge on any atom is -0.497 e. The van der Waals surface area contributed by atoms with Crippen molar-refractivity contribution in [3.8, 4) is 5.75 Å². The maximum atomic E-state index is 12.4. The number of nitrogens with zero attached hydrogens (tertiary/aromatic N) is 2. The largest absolute Gasteiger partial charge is 0.497 e. The Morgan fingerprint density at radius 2 is 1.83 bits per heavy atom. The molecule has 3 rings (SSSR count). The standard InChI is InChI=1S/C19H19N3O2/c1-21-12-13-22(14-18(23)15-6-4-3-5-7-15)19(21)20-16-8-10-17(24-2)11-9-16/h3-13H,14H2,1-2H3/p+1. The van der Waals surface area contributed by atoms with Crippen LogP contribution in [-0.2, 0) is 13.6 Å². The molecule has 0 spiro atoms. The first-order valence-electron chi connectivity index (χ1n) is 7.71. The molecule has 0 bridgehead atoms. The number of aromatic nitrogens is 2. The van der Waals surface area contributed by atoms with Crippen molar-refractivity contribution in [1.82, 2.24) is 4.57 Å². The molecule has 0 radical (unpaired) electrons. The predicted molar refractivity (Wildman–Crippen MR) is 92.7 cm³/mol. The Kier molecular flexibility index (Phi) is 4.61. The minimum absolute atomic E-state index is 0.0737. The molecule has 0 aliphatic carbocycles. The summed E-state index contributed by atoms with van der Waals surface area (Å²) in [6.45, 7) is 0.281. The molecule has 0 atom stereocenters. The van der Waals surface area contributed by atoms with Gasteiger partial charge in [-0.2, -0.15) is 0 Å². The molecule has 0 fully saturated rings. The number of anilines is 2. The Labute approximate surface area is 141 Å². The predicted octanol–water partition coefficient (Wildman–Crippen LogP) is 2.95. The van der Waals surface area contributed by atoms with Crippen molar-refractivity contribution < 1.29 is 14.1 Å². The second-order valence-electron chi connectivity index (χ2n) is 5.50. The van der Waals surface area contributed by atoms with Gasteiger partial charge in [0.05, 0.1) is 32.2 Å². The van der Waals surface area contributed by atoms with Gasteiger partial charge in [0.1, 0.15) is 12.3 Å². The van der Waals surface area contributed by atoms with E-state index in [2.05, 4.69) is 5.32 Å². The van der Waals surface area contributed by atoms with Gasteiger partial charge in [0.25, 0.3) is 0 Å². The summed E-state index contributed by atoms with van der Waals surface area (Å²) < 4.78 is 9.02. The topological polar surface area (TPSA) is 47.1 Å². The van der Waals surface area contributed by atoms with E-state index in [-0.39, 0.29) is 12.3 Å². The Balaban J connectivity index is 1.79. The van der Waals surface area contributed by atoms with Crippen molar-refractivity contribution >= 4 is 17.4 Å². The SMILES string of the molecule is COc1ccc(Nc2n(CC(=O)c3ccccc3)cc[n+]2C)cc1. The highest BCUT2D eigenvalue weighted by Gasteiger charge is 2.18. The average Bonchev–Trinajstić information content (AvgIpc) is 2.96. The number of ether oxygens (including phenoxy) is 1. The Morgan fingerprint density at radius 3 is 2.50 bits per heavy atom. The van der Waals surface area contributed by atoms with Crippen LogP contribution in [0.25, 0.3) is 0 Å². The summed E-state index contributed by atoms with van der Waals surface area (Å²) in [6.07, 6.45) is 3.82. The van der Waals surface area contributed by atoms with E-state index in [4.69, 9.17) is 4.74 Å². The second kappa shape index (κ2) is 7.00. The highest BCUT2D eigenvalue weighted by atomic mass is 16.5. The Morgan fingerprint density at radius 1 is 1.12 bits per heavy atom. The smallest absolute Gasteiger partial charge is 0.362 e. The van der Waals surface area contributed by atoms with E-state index in [9.17, 15) is 4.79 Å². The lowest BCUT2D eigenvalue weighted by atomic mass is 10.1. The first kappa shape index (κ1) is 15.8.